The molecule has 33 heavy (non-hydrogen) atoms. The van der Waals surface area contributed by atoms with Gasteiger partial charge in [-0.25, -0.2) is 9.07 Å². The molecule has 2 heterocycles. The van der Waals surface area contributed by atoms with E-state index < -0.39 is 0 Å². The third-order valence-corrected chi connectivity index (χ3v) is 6.22. The highest BCUT2D eigenvalue weighted by atomic mass is 35.5. The Hall–Kier alpha value is -2.74. The van der Waals surface area contributed by atoms with Crippen molar-refractivity contribution in [3.8, 4) is 5.69 Å². The van der Waals surface area contributed by atoms with Crippen molar-refractivity contribution in [3.05, 3.63) is 81.9 Å². The summed E-state index contributed by atoms with van der Waals surface area (Å²) in [6.07, 6.45) is 0.812. The Morgan fingerprint density at radius 2 is 2.06 bits per heavy atom. The summed E-state index contributed by atoms with van der Waals surface area (Å²) in [5.74, 6) is -0.436. The molecule has 0 unspecified atom stereocenters. The molecule has 2 aromatic carbocycles. The van der Waals surface area contributed by atoms with E-state index in [-0.39, 0.29) is 11.7 Å². The molecular weight excluding hydrogens is 443 g/mol. The summed E-state index contributed by atoms with van der Waals surface area (Å²) in [7, 11) is 1.61. The first kappa shape index (κ1) is 23.4. The van der Waals surface area contributed by atoms with Crippen molar-refractivity contribution < 1.29 is 13.9 Å². The molecule has 0 fully saturated rings. The summed E-state index contributed by atoms with van der Waals surface area (Å²) in [4.78, 5) is 17.4. The maximum Gasteiger partial charge on any atom is 0.254 e. The van der Waals surface area contributed by atoms with Crippen LogP contribution in [-0.2, 0) is 24.2 Å². The molecule has 0 saturated carbocycles. The van der Waals surface area contributed by atoms with Crippen LogP contribution in [0.1, 0.15) is 34.2 Å². The van der Waals surface area contributed by atoms with Gasteiger partial charge in [0.2, 0.25) is 0 Å². The molecule has 0 bridgehead atoms. The maximum atomic E-state index is 14.0. The van der Waals surface area contributed by atoms with Crippen LogP contribution in [0, 0.1) is 5.82 Å². The molecule has 1 amide bonds. The summed E-state index contributed by atoms with van der Waals surface area (Å²) < 4.78 is 21.0. The molecule has 8 heteroatoms. The number of carbonyl (C=O) groups is 1. The van der Waals surface area contributed by atoms with Crippen molar-refractivity contribution in [2.45, 2.75) is 26.4 Å². The van der Waals surface area contributed by atoms with E-state index in [4.69, 9.17) is 21.4 Å². The smallest absolute Gasteiger partial charge is 0.254 e. The lowest BCUT2D eigenvalue weighted by Crippen LogP contribution is -2.35. The fourth-order valence-electron chi connectivity index (χ4n) is 4.20. The Balaban J connectivity index is 1.71. The van der Waals surface area contributed by atoms with Crippen molar-refractivity contribution in [3.63, 3.8) is 0 Å². The Morgan fingerprint density at radius 3 is 2.79 bits per heavy atom. The van der Waals surface area contributed by atoms with Gasteiger partial charge >= 0.3 is 0 Å². The molecule has 0 atom stereocenters. The van der Waals surface area contributed by atoms with Gasteiger partial charge in [0, 0.05) is 49.3 Å². The second-order valence-electron chi connectivity index (χ2n) is 8.11. The zero-order valence-corrected chi connectivity index (χ0v) is 19.7. The van der Waals surface area contributed by atoms with Gasteiger partial charge in [-0.3, -0.25) is 9.69 Å². The lowest BCUT2D eigenvalue weighted by atomic mass is 10.0. The largest absolute Gasteiger partial charge is 0.383 e. The molecule has 0 aliphatic carbocycles. The molecule has 6 nitrogen and oxygen atoms in total. The van der Waals surface area contributed by atoms with E-state index in [2.05, 4.69) is 11.8 Å². The van der Waals surface area contributed by atoms with Gasteiger partial charge in [0.1, 0.15) is 5.82 Å². The molecule has 0 spiro atoms. The first-order chi connectivity index (χ1) is 16.0. The van der Waals surface area contributed by atoms with Crippen LogP contribution in [0.4, 0.5) is 4.39 Å². The van der Waals surface area contributed by atoms with Crippen molar-refractivity contribution in [1.29, 1.82) is 0 Å². The van der Waals surface area contributed by atoms with Crippen molar-refractivity contribution in [2.24, 2.45) is 0 Å². The minimum absolute atomic E-state index is 0.133. The highest BCUT2D eigenvalue weighted by Gasteiger charge is 2.27. The molecule has 1 aliphatic heterocycles. The van der Waals surface area contributed by atoms with E-state index in [1.807, 2.05) is 10.7 Å². The third-order valence-electron chi connectivity index (χ3n) is 5.98. The van der Waals surface area contributed by atoms with Crippen molar-refractivity contribution >= 4 is 17.5 Å². The quantitative estimate of drug-likeness (QED) is 0.491. The van der Waals surface area contributed by atoms with E-state index in [9.17, 15) is 9.18 Å². The Kier molecular flexibility index (Phi) is 7.42. The predicted molar refractivity (Wildman–Crippen MR) is 126 cm³/mol. The number of amides is 1. The summed E-state index contributed by atoms with van der Waals surface area (Å²) in [6.45, 7) is 5.88. The monoisotopic (exact) mass is 470 g/mol. The number of methoxy groups -OCH3 is 1. The first-order valence-electron chi connectivity index (χ1n) is 11.1. The van der Waals surface area contributed by atoms with Crippen molar-refractivity contribution in [1.82, 2.24) is 19.6 Å². The van der Waals surface area contributed by atoms with Gasteiger partial charge in [-0.1, -0.05) is 30.7 Å². The molecule has 4 rings (SSSR count). The number of hydrogen-bond donors (Lipinski definition) is 0. The van der Waals surface area contributed by atoms with Gasteiger partial charge in [0.05, 0.1) is 30.2 Å². The standard InChI is InChI=1S/C25H28ClFN4O2/c1-3-29-11-10-24-22(16-29)23(28-31(24)21-9-5-8-20(27)15-21)17-30(12-13-33-2)25(32)18-6-4-7-19(26)14-18/h4-9,14-15H,3,10-13,16-17H2,1-2H3. The number of rotatable bonds is 8. The number of likely N-dealkylation sites (N-methyl/N-ethyl adjacent to an activating group) is 1. The molecular formula is C25H28ClFN4O2. The zero-order valence-electron chi connectivity index (χ0n) is 18.9. The molecule has 0 N–H and O–H groups in total. The average molecular weight is 471 g/mol. The Labute approximate surface area is 198 Å². The van der Waals surface area contributed by atoms with Crippen LogP contribution in [0.2, 0.25) is 5.02 Å². The third kappa shape index (κ3) is 5.27. The SMILES string of the molecule is CCN1CCc2c(c(CN(CCOC)C(=O)c3cccc(Cl)c3)nn2-c2cccc(F)c2)C1. The Bertz CT molecular complexity index is 1130. The summed E-state index contributed by atoms with van der Waals surface area (Å²) in [5.41, 5.74) is 4.20. The van der Waals surface area contributed by atoms with Crippen LogP contribution in [0.25, 0.3) is 5.69 Å². The molecule has 1 aliphatic rings. The van der Waals surface area contributed by atoms with Crippen molar-refractivity contribution in [2.75, 3.05) is 33.4 Å². The van der Waals surface area contributed by atoms with E-state index in [1.54, 1.807) is 42.3 Å². The number of ether oxygens (including phenoxy) is 1. The van der Waals surface area contributed by atoms with E-state index in [1.165, 1.54) is 12.1 Å². The predicted octanol–water partition coefficient (Wildman–Crippen LogP) is 4.33. The van der Waals surface area contributed by atoms with Gasteiger partial charge in [0.25, 0.3) is 5.91 Å². The fourth-order valence-corrected chi connectivity index (χ4v) is 4.39. The number of hydrogen-bond acceptors (Lipinski definition) is 4. The number of nitrogens with zero attached hydrogens (tertiary/aromatic N) is 4. The van der Waals surface area contributed by atoms with E-state index >= 15 is 0 Å². The maximum absolute atomic E-state index is 14.0. The second-order valence-corrected chi connectivity index (χ2v) is 8.55. The van der Waals surface area contributed by atoms with Crippen LogP contribution in [-0.4, -0.2) is 58.8 Å². The molecule has 1 aromatic heterocycles. The lowest BCUT2D eigenvalue weighted by Gasteiger charge is -2.27. The summed E-state index contributed by atoms with van der Waals surface area (Å²) in [6, 6.07) is 13.4. The first-order valence-corrected chi connectivity index (χ1v) is 11.5. The van der Waals surface area contributed by atoms with Crippen LogP contribution in [0.3, 0.4) is 0 Å². The second kappa shape index (κ2) is 10.5. The number of fused-ring (bicyclic) bond motifs is 1. The lowest BCUT2D eigenvalue weighted by molar-refractivity contribution is 0.0676. The zero-order chi connectivity index (χ0) is 23.4. The van der Waals surface area contributed by atoms with Gasteiger partial charge in [-0.15, -0.1) is 0 Å². The normalized spacial score (nSPS) is 13.7. The number of halogens is 2. The van der Waals surface area contributed by atoms with E-state index in [0.717, 1.165) is 43.0 Å². The Morgan fingerprint density at radius 1 is 1.24 bits per heavy atom. The summed E-state index contributed by atoms with van der Waals surface area (Å²) >= 11 is 6.12. The highest BCUT2D eigenvalue weighted by Crippen LogP contribution is 2.27. The van der Waals surface area contributed by atoms with Gasteiger partial charge < -0.3 is 9.64 Å². The topological polar surface area (TPSA) is 50.6 Å². The van der Waals surface area contributed by atoms with Crippen LogP contribution < -0.4 is 0 Å². The summed E-state index contributed by atoms with van der Waals surface area (Å²) in [5, 5.41) is 5.39. The minimum atomic E-state index is -0.304. The average Bonchev–Trinajstić information content (AvgIpc) is 3.18. The highest BCUT2D eigenvalue weighted by molar-refractivity contribution is 6.30. The fraction of sp³-hybridized carbons (Fsp3) is 0.360. The van der Waals surface area contributed by atoms with Gasteiger partial charge in [-0.05, 0) is 42.9 Å². The van der Waals surface area contributed by atoms with Crippen LogP contribution in [0.5, 0.6) is 0 Å². The van der Waals surface area contributed by atoms with E-state index in [0.29, 0.717) is 36.0 Å². The molecule has 0 saturated heterocycles. The minimum Gasteiger partial charge on any atom is -0.383 e. The molecule has 0 radical (unpaired) electrons. The number of benzene rings is 2. The molecule has 174 valence electrons. The van der Waals surface area contributed by atoms with Gasteiger partial charge in [-0.2, -0.15) is 5.10 Å². The molecule has 3 aromatic rings. The van der Waals surface area contributed by atoms with Gasteiger partial charge in [0.15, 0.2) is 0 Å². The van der Waals surface area contributed by atoms with Crippen LogP contribution >= 0.6 is 11.6 Å². The number of aromatic nitrogens is 2. The number of carbonyl (C=O) groups excluding carboxylic acids is 1. The van der Waals surface area contributed by atoms with Crippen LogP contribution in [0.15, 0.2) is 48.5 Å².